The topological polar surface area (TPSA) is 0 Å². The first-order chi connectivity index (χ1) is 18.4. The second-order valence-corrected chi connectivity index (χ2v) is 14.5. The summed E-state index contributed by atoms with van der Waals surface area (Å²) in [6.45, 7) is 2.30. The zero-order valence-corrected chi connectivity index (χ0v) is 24.5. The van der Waals surface area contributed by atoms with Crippen LogP contribution < -0.4 is 15.9 Å². The summed E-state index contributed by atoms with van der Waals surface area (Å²) in [5, 5.41) is 4.56. The van der Waals surface area contributed by atoms with E-state index in [1.54, 1.807) is 0 Å². The van der Waals surface area contributed by atoms with Crippen LogP contribution in [0.2, 0.25) is 0 Å². The molecule has 0 aliphatic heterocycles. The number of benzene rings is 3. The first-order valence-corrected chi connectivity index (χ1v) is 17.4. The van der Waals surface area contributed by atoms with E-state index >= 15 is 0 Å². The summed E-state index contributed by atoms with van der Waals surface area (Å²) in [5.74, 6) is 0. The van der Waals surface area contributed by atoms with Crippen molar-refractivity contribution in [3.8, 4) is 0 Å². The largest absolute Gasteiger partial charge is 0.0654 e. The Morgan fingerprint density at radius 3 is 0.919 bits per heavy atom. The minimum Gasteiger partial charge on any atom is -0.0654 e. The van der Waals surface area contributed by atoms with E-state index in [1.807, 2.05) is 0 Å². The van der Waals surface area contributed by atoms with Gasteiger partial charge < -0.3 is 0 Å². The number of unbranched alkanes of at least 4 members (excludes halogenated alkanes) is 15. The van der Waals surface area contributed by atoms with E-state index in [9.17, 15) is 0 Å². The lowest BCUT2D eigenvalue weighted by atomic mass is 10.0. The van der Waals surface area contributed by atoms with E-state index in [4.69, 9.17) is 0 Å². The Kier molecular flexibility index (Phi) is 14.7. The molecule has 3 rings (SSSR count). The van der Waals surface area contributed by atoms with Crippen molar-refractivity contribution in [3.63, 3.8) is 0 Å². The summed E-state index contributed by atoms with van der Waals surface area (Å²) in [7, 11) is -1.64. The average molecular weight is 516 g/mol. The highest BCUT2D eigenvalue weighted by molar-refractivity contribution is 7.95. The van der Waals surface area contributed by atoms with Crippen LogP contribution in [0.5, 0.6) is 0 Å². The van der Waals surface area contributed by atoms with Crippen LogP contribution in [-0.4, -0.2) is 6.16 Å². The van der Waals surface area contributed by atoms with Crippen LogP contribution >= 0.6 is 7.26 Å². The molecule has 1 heteroatoms. The highest BCUT2D eigenvalue weighted by Crippen LogP contribution is 2.56. The molecule has 0 heterocycles. The highest BCUT2D eigenvalue weighted by atomic mass is 31.2. The Bertz CT molecular complexity index is 822. The highest BCUT2D eigenvalue weighted by Gasteiger charge is 2.33. The molecule has 0 atom stereocenters. The van der Waals surface area contributed by atoms with Crippen LogP contribution in [0.1, 0.15) is 110 Å². The average Bonchev–Trinajstić information content (AvgIpc) is 2.96. The third-order valence-corrected chi connectivity index (χ3v) is 12.5. The molecule has 201 valence electrons. The quantitative estimate of drug-likeness (QED) is 0.104. The van der Waals surface area contributed by atoms with Gasteiger partial charge in [0.1, 0.15) is 0 Å². The smallest absolute Gasteiger partial charge is 0.0196 e. The number of hydrogen-bond acceptors (Lipinski definition) is 0. The van der Waals surface area contributed by atoms with E-state index in [1.165, 1.54) is 125 Å². The first kappa shape index (κ1) is 29.6. The predicted molar refractivity (Wildman–Crippen MR) is 170 cm³/mol. The molecule has 0 spiro atoms. The van der Waals surface area contributed by atoms with Crippen LogP contribution in [0.25, 0.3) is 0 Å². The maximum absolute atomic E-state index is 2.38. The van der Waals surface area contributed by atoms with Crippen LogP contribution in [0.15, 0.2) is 91.0 Å². The Balaban J connectivity index is 1.41. The van der Waals surface area contributed by atoms with Gasteiger partial charge >= 0.3 is 0 Å². The van der Waals surface area contributed by atoms with Crippen molar-refractivity contribution >= 4 is 23.2 Å². The van der Waals surface area contributed by atoms with Crippen molar-refractivity contribution in [1.82, 2.24) is 0 Å². The lowest BCUT2D eigenvalue weighted by Gasteiger charge is -2.38. The molecule has 0 aliphatic rings. The van der Waals surface area contributed by atoms with Crippen molar-refractivity contribution in [2.75, 3.05) is 6.16 Å². The normalized spacial score (nSPS) is 11.6. The molecule has 0 bridgehead atoms. The van der Waals surface area contributed by atoms with Gasteiger partial charge in [0, 0.05) is 0 Å². The van der Waals surface area contributed by atoms with Gasteiger partial charge in [-0.1, -0.05) is 194 Å². The van der Waals surface area contributed by atoms with E-state index in [0.717, 1.165) is 0 Å². The van der Waals surface area contributed by atoms with Crippen LogP contribution in [-0.2, 0) is 0 Å². The lowest BCUT2D eigenvalue weighted by molar-refractivity contribution is 0.531. The zero-order chi connectivity index (χ0) is 25.9. The molecule has 0 saturated heterocycles. The summed E-state index contributed by atoms with van der Waals surface area (Å²) < 4.78 is 0. The van der Waals surface area contributed by atoms with Gasteiger partial charge in [-0.25, -0.2) is 0 Å². The van der Waals surface area contributed by atoms with Crippen molar-refractivity contribution in [1.29, 1.82) is 0 Å². The molecule has 1 radical (unpaired) electrons. The molecular formula is C36H52P. The van der Waals surface area contributed by atoms with Gasteiger partial charge in [-0.3, -0.25) is 0 Å². The molecule has 3 aromatic rings. The minimum atomic E-state index is -1.64. The Labute approximate surface area is 229 Å². The maximum atomic E-state index is 2.38. The molecular weight excluding hydrogens is 463 g/mol. The molecule has 0 saturated carbocycles. The summed E-state index contributed by atoms with van der Waals surface area (Å²) >= 11 is 0. The Morgan fingerprint density at radius 1 is 0.351 bits per heavy atom. The summed E-state index contributed by atoms with van der Waals surface area (Å²) in [6, 6.07) is 34.1. The van der Waals surface area contributed by atoms with Gasteiger partial charge in [-0.05, 0) is 35.8 Å². The van der Waals surface area contributed by atoms with Crippen molar-refractivity contribution < 1.29 is 0 Å². The van der Waals surface area contributed by atoms with Gasteiger partial charge in [0.05, 0.1) is 0 Å². The van der Waals surface area contributed by atoms with Gasteiger partial charge in [-0.15, -0.1) is 0 Å². The maximum Gasteiger partial charge on any atom is -0.0196 e. The lowest BCUT2D eigenvalue weighted by Crippen LogP contribution is -2.33. The molecule has 3 aromatic carbocycles. The number of hydrogen-bond donors (Lipinski definition) is 0. The number of rotatable bonds is 20. The second kappa shape index (κ2) is 18.4. The second-order valence-electron chi connectivity index (χ2n) is 10.8. The van der Waals surface area contributed by atoms with Crippen LogP contribution in [0, 0.1) is 0 Å². The fourth-order valence-corrected chi connectivity index (χ4v) is 10.2. The van der Waals surface area contributed by atoms with Crippen LogP contribution in [0.3, 0.4) is 0 Å². The molecule has 0 amide bonds. The monoisotopic (exact) mass is 515 g/mol. The molecule has 0 N–H and O–H groups in total. The summed E-state index contributed by atoms with van der Waals surface area (Å²) in [5.41, 5.74) is 0. The van der Waals surface area contributed by atoms with E-state index in [2.05, 4.69) is 97.9 Å². The minimum absolute atomic E-state index is 1.27. The molecule has 0 aromatic heterocycles. The molecule has 0 nitrogen and oxygen atoms in total. The fourth-order valence-electron chi connectivity index (χ4n) is 5.78. The third kappa shape index (κ3) is 10.1. The SMILES string of the molecule is CCCCCCCCCCCCCCCCCC[P](c1ccccc1)(c1ccccc1)c1ccccc1. The molecule has 0 fully saturated rings. The van der Waals surface area contributed by atoms with Gasteiger partial charge in [0.25, 0.3) is 0 Å². The van der Waals surface area contributed by atoms with E-state index in [-0.39, 0.29) is 0 Å². The van der Waals surface area contributed by atoms with Crippen molar-refractivity contribution in [3.05, 3.63) is 91.0 Å². The standard InChI is InChI=1S/C36H52P/c1-2-3-4-5-6-7-8-9-10-11-12-13-14-15-16-26-33-37(34-27-20-17-21-28-34,35-29-22-18-23-30-35)36-31-24-19-25-32-36/h17-25,27-32H,2-16,26,33H2,1H3. The van der Waals surface area contributed by atoms with Crippen molar-refractivity contribution in [2.45, 2.75) is 110 Å². The van der Waals surface area contributed by atoms with Crippen LogP contribution in [0.4, 0.5) is 0 Å². The fraction of sp³-hybridized carbons (Fsp3) is 0.500. The zero-order valence-electron chi connectivity index (χ0n) is 23.6. The Morgan fingerprint density at radius 2 is 0.622 bits per heavy atom. The molecule has 0 unspecified atom stereocenters. The third-order valence-electron chi connectivity index (χ3n) is 7.94. The van der Waals surface area contributed by atoms with Gasteiger partial charge in [0.2, 0.25) is 0 Å². The molecule has 37 heavy (non-hydrogen) atoms. The van der Waals surface area contributed by atoms with Gasteiger partial charge in [-0.2, -0.15) is 0 Å². The first-order valence-electron chi connectivity index (χ1n) is 15.4. The van der Waals surface area contributed by atoms with E-state index < -0.39 is 7.26 Å². The Hall–Kier alpha value is -1.91. The van der Waals surface area contributed by atoms with E-state index in [0.29, 0.717) is 0 Å². The summed E-state index contributed by atoms with van der Waals surface area (Å²) in [4.78, 5) is 0. The van der Waals surface area contributed by atoms with Crippen molar-refractivity contribution in [2.24, 2.45) is 0 Å². The predicted octanol–water partition coefficient (Wildman–Crippen LogP) is 10.2. The van der Waals surface area contributed by atoms with Gasteiger partial charge in [0.15, 0.2) is 0 Å². The summed E-state index contributed by atoms with van der Waals surface area (Å²) in [6.07, 6.45) is 24.0. The molecule has 0 aliphatic carbocycles.